The fraction of sp³-hybridized carbons (Fsp3) is 0.533. The zero-order valence-electron chi connectivity index (χ0n) is 11.5. The van der Waals surface area contributed by atoms with Crippen LogP contribution >= 0.6 is 15.9 Å². The summed E-state index contributed by atoms with van der Waals surface area (Å²) in [6.45, 7) is 3.48. The van der Waals surface area contributed by atoms with Crippen molar-refractivity contribution in [1.82, 2.24) is 4.90 Å². The highest BCUT2D eigenvalue weighted by Gasteiger charge is 2.20. The molecule has 0 saturated carbocycles. The van der Waals surface area contributed by atoms with Gasteiger partial charge in [-0.15, -0.1) is 0 Å². The fourth-order valence-electron chi connectivity index (χ4n) is 2.49. The standard InChI is InChI=1S/C15H20BrNO2/c1-11(18)12-5-6-15(14(16)10-12)19-9-7-13-4-3-8-17(13)2/h5-6,10,13H,3-4,7-9H2,1-2H3. The number of Topliss-reactive ketones (excluding diaryl/α,β-unsaturated/α-hetero) is 1. The molecular weight excluding hydrogens is 306 g/mol. The van der Waals surface area contributed by atoms with Crippen molar-refractivity contribution in [1.29, 1.82) is 0 Å². The average Bonchev–Trinajstić information content (AvgIpc) is 2.77. The van der Waals surface area contributed by atoms with Gasteiger partial charge in [0, 0.05) is 11.6 Å². The summed E-state index contributed by atoms with van der Waals surface area (Å²) in [4.78, 5) is 13.7. The zero-order valence-corrected chi connectivity index (χ0v) is 13.1. The first-order valence-corrected chi connectivity index (χ1v) is 7.51. The van der Waals surface area contributed by atoms with Crippen LogP contribution in [0.3, 0.4) is 0 Å². The van der Waals surface area contributed by atoms with Crippen molar-refractivity contribution in [2.75, 3.05) is 20.2 Å². The minimum Gasteiger partial charge on any atom is -0.492 e. The molecule has 19 heavy (non-hydrogen) atoms. The Bertz CT molecular complexity index is 461. The SMILES string of the molecule is CC(=O)c1ccc(OCCC2CCCN2C)c(Br)c1. The molecule has 3 nitrogen and oxygen atoms in total. The van der Waals surface area contributed by atoms with Crippen molar-refractivity contribution in [3.63, 3.8) is 0 Å². The van der Waals surface area contributed by atoms with Crippen LogP contribution in [0.1, 0.15) is 36.5 Å². The second kappa shape index (κ2) is 6.53. The van der Waals surface area contributed by atoms with Gasteiger partial charge < -0.3 is 9.64 Å². The quantitative estimate of drug-likeness (QED) is 0.776. The predicted octanol–water partition coefficient (Wildman–Crippen LogP) is 3.51. The van der Waals surface area contributed by atoms with Crippen LogP contribution in [0.5, 0.6) is 5.75 Å². The number of carbonyl (C=O) groups is 1. The summed E-state index contributed by atoms with van der Waals surface area (Å²) in [5.41, 5.74) is 0.703. The van der Waals surface area contributed by atoms with Crippen LogP contribution in [-0.2, 0) is 0 Å². The monoisotopic (exact) mass is 325 g/mol. The lowest BCUT2D eigenvalue weighted by atomic mass is 10.1. The van der Waals surface area contributed by atoms with Gasteiger partial charge >= 0.3 is 0 Å². The number of ketones is 1. The van der Waals surface area contributed by atoms with Gasteiger partial charge in [0.2, 0.25) is 0 Å². The van der Waals surface area contributed by atoms with Crippen molar-refractivity contribution in [3.05, 3.63) is 28.2 Å². The topological polar surface area (TPSA) is 29.5 Å². The Balaban J connectivity index is 1.87. The first-order chi connectivity index (χ1) is 9.08. The smallest absolute Gasteiger partial charge is 0.159 e. The highest BCUT2D eigenvalue weighted by atomic mass is 79.9. The molecule has 1 aliphatic rings. The molecule has 0 amide bonds. The number of hydrogen-bond acceptors (Lipinski definition) is 3. The minimum atomic E-state index is 0.0693. The lowest BCUT2D eigenvalue weighted by molar-refractivity contribution is 0.101. The third-order valence-electron chi connectivity index (χ3n) is 3.72. The number of carbonyl (C=O) groups excluding carboxylic acids is 1. The molecule has 1 aromatic rings. The summed E-state index contributed by atoms with van der Waals surface area (Å²) in [7, 11) is 2.18. The highest BCUT2D eigenvalue weighted by molar-refractivity contribution is 9.10. The Labute approximate surface area is 123 Å². The van der Waals surface area contributed by atoms with Gasteiger partial charge in [0.1, 0.15) is 5.75 Å². The molecule has 0 bridgehead atoms. The van der Waals surface area contributed by atoms with E-state index in [1.807, 2.05) is 18.2 Å². The fourth-order valence-corrected chi connectivity index (χ4v) is 2.98. The number of benzene rings is 1. The van der Waals surface area contributed by atoms with E-state index in [4.69, 9.17) is 4.74 Å². The molecular formula is C15H20BrNO2. The number of hydrogen-bond donors (Lipinski definition) is 0. The molecule has 0 radical (unpaired) electrons. The van der Waals surface area contributed by atoms with Gasteiger partial charge in [-0.1, -0.05) is 0 Å². The third-order valence-corrected chi connectivity index (χ3v) is 4.34. The summed E-state index contributed by atoms with van der Waals surface area (Å²) in [5.74, 6) is 0.880. The van der Waals surface area contributed by atoms with E-state index >= 15 is 0 Å². The van der Waals surface area contributed by atoms with E-state index < -0.39 is 0 Å². The van der Waals surface area contributed by atoms with Gasteiger partial charge in [-0.25, -0.2) is 0 Å². The van der Waals surface area contributed by atoms with Gasteiger partial charge in [0.15, 0.2) is 5.78 Å². The van der Waals surface area contributed by atoms with E-state index in [1.165, 1.54) is 19.4 Å². The first kappa shape index (κ1) is 14.5. The average molecular weight is 326 g/mol. The second-order valence-electron chi connectivity index (χ2n) is 5.12. The molecule has 0 aliphatic carbocycles. The molecule has 0 spiro atoms. The van der Waals surface area contributed by atoms with E-state index in [9.17, 15) is 4.79 Å². The number of likely N-dealkylation sites (tertiary alicyclic amines) is 1. The molecule has 1 heterocycles. The van der Waals surface area contributed by atoms with Gasteiger partial charge in [-0.2, -0.15) is 0 Å². The normalized spacial score (nSPS) is 19.6. The van der Waals surface area contributed by atoms with Crippen LogP contribution in [-0.4, -0.2) is 36.9 Å². The van der Waals surface area contributed by atoms with E-state index in [2.05, 4.69) is 27.9 Å². The van der Waals surface area contributed by atoms with Gasteiger partial charge in [0.25, 0.3) is 0 Å². The second-order valence-corrected chi connectivity index (χ2v) is 5.97. The van der Waals surface area contributed by atoms with Crippen LogP contribution in [0.4, 0.5) is 0 Å². The third kappa shape index (κ3) is 3.80. The summed E-state index contributed by atoms with van der Waals surface area (Å²) in [6, 6.07) is 6.14. The number of ether oxygens (including phenoxy) is 1. The first-order valence-electron chi connectivity index (χ1n) is 6.71. The molecule has 1 aliphatic heterocycles. The Morgan fingerprint density at radius 1 is 1.53 bits per heavy atom. The Morgan fingerprint density at radius 2 is 2.32 bits per heavy atom. The maximum absolute atomic E-state index is 11.3. The summed E-state index contributed by atoms with van der Waals surface area (Å²) in [6.07, 6.45) is 3.61. The molecule has 0 N–H and O–H groups in total. The van der Waals surface area contributed by atoms with Crippen molar-refractivity contribution >= 4 is 21.7 Å². The van der Waals surface area contributed by atoms with E-state index in [1.54, 1.807) is 6.92 Å². The number of halogens is 1. The van der Waals surface area contributed by atoms with Crippen molar-refractivity contribution < 1.29 is 9.53 Å². The van der Waals surface area contributed by atoms with Crippen molar-refractivity contribution in [2.45, 2.75) is 32.2 Å². The van der Waals surface area contributed by atoms with E-state index in [0.717, 1.165) is 16.6 Å². The Morgan fingerprint density at radius 3 is 2.89 bits per heavy atom. The minimum absolute atomic E-state index is 0.0693. The van der Waals surface area contributed by atoms with Gasteiger partial charge in [-0.05, 0) is 73.9 Å². The van der Waals surface area contributed by atoms with Crippen molar-refractivity contribution in [2.24, 2.45) is 0 Å². The molecule has 1 fully saturated rings. The lowest BCUT2D eigenvalue weighted by Gasteiger charge is -2.19. The summed E-state index contributed by atoms with van der Waals surface area (Å²) >= 11 is 3.45. The molecule has 1 saturated heterocycles. The van der Waals surface area contributed by atoms with E-state index in [-0.39, 0.29) is 5.78 Å². The van der Waals surface area contributed by atoms with Crippen LogP contribution in [0.25, 0.3) is 0 Å². The van der Waals surface area contributed by atoms with Gasteiger partial charge in [-0.3, -0.25) is 4.79 Å². The van der Waals surface area contributed by atoms with Crippen LogP contribution < -0.4 is 4.74 Å². The van der Waals surface area contributed by atoms with Crippen LogP contribution in [0.2, 0.25) is 0 Å². The summed E-state index contributed by atoms with van der Waals surface area (Å²) in [5, 5.41) is 0. The maximum atomic E-state index is 11.3. The molecule has 1 unspecified atom stereocenters. The largest absolute Gasteiger partial charge is 0.492 e. The summed E-state index contributed by atoms with van der Waals surface area (Å²) < 4.78 is 6.64. The van der Waals surface area contributed by atoms with E-state index in [0.29, 0.717) is 18.2 Å². The Kier molecular flexibility index (Phi) is 4.99. The zero-order chi connectivity index (χ0) is 13.8. The van der Waals surface area contributed by atoms with Gasteiger partial charge in [0.05, 0.1) is 11.1 Å². The number of nitrogens with zero attached hydrogens (tertiary/aromatic N) is 1. The van der Waals surface area contributed by atoms with Crippen molar-refractivity contribution in [3.8, 4) is 5.75 Å². The highest BCUT2D eigenvalue weighted by Crippen LogP contribution is 2.27. The predicted molar refractivity (Wildman–Crippen MR) is 79.9 cm³/mol. The molecule has 104 valence electrons. The maximum Gasteiger partial charge on any atom is 0.159 e. The molecule has 1 atom stereocenters. The molecule has 4 heteroatoms. The number of rotatable bonds is 5. The Hall–Kier alpha value is -0.870. The molecule has 2 rings (SSSR count). The molecule has 0 aromatic heterocycles. The lowest BCUT2D eigenvalue weighted by Crippen LogP contribution is -2.26. The van der Waals surface area contributed by atoms with Crippen LogP contribution in [0, 0.1) is 0 Å². The van der Waals surface area contributed by atoms with Crippen LogP contribution in [0.15, 0.2) is 22.7 Å². The molecule has 1 aromatic carbocycles.